The van der Waals surface area contributed by atoms with E-state index in [9.17, 15) is 9.59 Å². The number of carboxylic acid groups (broad SMARTS) is 1. The summed E-state index contributed by atoms with van der Waals surface area (Å²) in [6.07, 6.45) is 9.76. The molecule has 3 N–H and O–H groups in total. The highest BCUT2D eigenvalue weighted by Gasteiger charge is 2.22. The summed E-state index contributed by atoms with van der Waals surface area (Å²) in [5, 5.41) is 14.0. The first-order valence-electron chi connectivity index (χ1n) is 6.97. The van der Waals surface area contributed by atoms with Crippen molar-refractivity contribution >= 4 is 12.0 Å². The lowest BCUT2D eigenvalue weighted by Gasteiger charge is -2.19. The van der Waals surface area contributed by atoms with Crippen LogP contribution in [0.4, 0.5) is 4.79 Å². The lowest BCUT2D eigenvalue weighted by atomic mass is 9.89. The zero-order valence-electron chi connectivity index (χ0n) is 11.7. The molecule has 0 aliphatic heterocycles. The van der Waals surface area contributed by atoms with Crippen LogP contribution in [-0.2, 0) is 4.79 Å². The molecule has 2 amide bonds. The molecule has 1 aliphatic carbocycles. The predicted octanol–water partition coefficient (Wildman–Crippen LogP) is 2.49. The number of urea groups is 1. The van der Waals surface area contributed by atoms with E-state index in [1.54, 1.807) is 20.0 Å². The number of allylic oxidation sites excluding steroid dienone is 1. The first-order valence-corrected chi connectivity index (χ1v) is 6.97. The van der Waals surface area contributed by atoms with Crippen molar-refractivity contribution in [2.24, 2.45) is 11.8 Å². The van der Waals surface area contributed by atoms with E-state index in [2.05, 4.69) is 10.6 Å². The molecule has 0 heterocycles. The van der Waals surface area contributed by atoms with E-state index in [-0.39, 0.29) is 5.92 Å². The van der Waals surface area contributed by atoms with Gasteiger partial charge in [0, 0.05) is 6.20 Å². The fraction of sp³-hybridized carbons (Fsp3) is 0.714. The number of carbonyl (C=O) groups is 2. The Bertz CT molecular complexity index is 334. The van der Waals surface area contributed by atoms with Gasteiger partial charge in [0.1, 0.15) is 6.04 Å². The van der Waals surface area contributed by atoms with Crippen LogP contribution in [0.25, 0.3) is 0 Å². The van der Waals surface area contributed by atoms with E-state index in [4.69, 9.17) is 5.11 Å². The Morgan fingerprint density at radius 3 is 2.37 bits per heavy atom. The van der Waals surface area contributed by atoms with Crippen molar-refractivity contribution in [3.05, 3.63) is 12.3 Å². The standard InChI is InChI=1S/C14H24N2O3/c1-10(2)12(13(17)18)16-14(19)15-9-8-11-6-4-3-5-7-11/h8-12H,3-7H2,1-2H3,(H,17,18)(H2,15,16,19)/b9-8+. The third-order valence-corrected chi connectivity index (χ3v) is 3.45. The second-order valence-electron chi connectivity index (χ2n) is 5.43. The van der Waals surface area contributed by atoms with Gasteiger partial charge in [0.05, 0.1) is 0 Å². The number of nitrogens with one attached hydrogen (secondary N) is 2. The van der Waals surface area contributed by atoms with Gasteiger partial charge in [-0.05, 0) is 24.7 Å². The monoisotopic (exact) mass is 268 g/mol. The fourth-order valence-electron chi connectivity index (χ4n) is 2.28. The fourth-order valence-corrected chi connectivity index (χ4v) is 2.28. The molecule has 108 valence electrons. The molecule has 5 nitrogen and oxygen atoms in total. The molecule has 0 aromatic carbocycles. The first-order chi connectivity index (χ1) is 9.00. The van der Waals surface area contributed by atoms with Gasteiger partial charge in [-0.15, -0.1) is 0 Å². The number of hydrogen-bond donors (Lipinski definition) is 3. The summed E-state index contributed by atoms with van der Waals surface area (Å²) in [4.78, 5) is 22.5. The number of amides is 2. The molecule has 0 saturated heterocycles. The van der Waals surface area contributed by atoms with Crippen molar-refractivity contribution in [1.29, 1.82) is 0 Å². The minimum Gasteiger partial charge on any atom is -0.480 e. The molecule has 19 heavy (non-hydrogen) atoms. The van der Waals surface area contributed by atoms with Gasteiger partial charge in [-0.25, -0.2) is 9.59 Å². The SMILES string of the molecule is CC(C)C(NC(=O)N/C=C/C1CCCCC1)C(=O)O. The van der Waals surface area contributed by atoms with Gasteiger partial charge < -0.3 is 15.7 Å². The average Bonchev–Trinajstić information content (AvgIpc) is 2.36. The maximum Gasteiger partial charge on any atom is 0.326 e. The lowest BCUT2D eigenvalue weighted by Crippen LogP contribution is -2.47. The predicted molar refractivity (Wildman–Crippen MR) is 73.6 cm³/mol. The molecule has 0 aromatic heterocycles. The zero-order chi connectivity index (χ0) is 14.3. The average molecular weight is 268 g/mol. The molecule has 1 aliphatic rings. The van der Waals surface area contributed by atoms with Crippen molar-refractivity contribution in [3.8, 4) is 0 Å². The van der Waals surface area contributed by atoms with Gasteiger partial charge in [-0.1, -0.05) is 39.2 Å². The Balaban J connectivity index is 2.33. The van der Waals surface area contributed by atoms with E-state index in [1.807, 2.05) is 6.08 Å². The van der Waals surface area contributed by atoms with Crippen LogP contribution < -0.4 is 10.6 Å². The molecule has 5 heteroatoms. The molecule has 1 rings (SSSR count). The topological polar surface area (TPSA) is 78.4 Å². The molecule has 0 spiro atoms. The summed E-state index contributed by atoms with van der Waals surface area (Å²) < 4.78 is 0. The van der Waals surface area contributed by atoms with Crippen LogP contribution in [-0.4, -0.2) is 23.1 Å². The van der Waals surface area contributed by atoms with E-state index in [0.717, 1.165) is 0 Å². The maximum absolute atomic E-state index is 11.6. The summed E-state index contributed by atoms with van der Waals surface area (Å²) in [5.74, 6) is -0.624. The Hall–Kier alpha value is -1.52. The van der Waals surface area contributed by atoms with Crippen molar-refractivity contribution in [1.82, 2.24) is 10.6 Å². The molecule has 1 fully saturated rings. The Morgan fingerprint density at radius 1 is 1.21 bits per heavy atom. The molecular weight excluding hydrogens is 244 g/mol. The highest BCUT2D eigenvalue weighted by atomic mass is 16.4. The van der Waals surface area contributed by atoms with Crippen LogP contribution >= 0.6 is 0 Å². The number of rotatable bonds is 5. The summed E-state index contributed by atoms with van der Waals surface area (Å²) >= 11 is 0. The summed E-state index contributed by atoms with van der Waals surface area (Å²) in [7, 11) is 0. The van der Waals surface area contributed by atoms with E-state index in [1.165, 1.54) is 32.1 Å². The zero-order valence-corrected chi connectivity index (χ0v) is 11.7. The molecule has 1 atom stereocenters. The number of aliphatic carboxylic acids is 1. The molecular formula is C14H24N2O3. The van der Waals surface area contributed by atoms with E-state index < -0.39 is 18.0 Å². The number of carboxylic acids is 1. The van der Waals surface area contributed by atoms with Crippen molar-refractivity contribution in [2.75, 3.05) is 0 Å². The largest absolute Gasteiger partial charge is 0.480 e. The molecule has 0 aromatic rings. The van der Waals surface area contributed by atoms with Gasteiger partial charge in [0.15, 0.2) is 0 Å². The summed E-state index contributed by atoms with van der Waals surface area (Å²) in [6.45, 7) is 3.52. The minimum atomic E-state index is -1.01. The third-order valence-electron chi connectivity index (χ3n) is 3.45. The van der Waals surface area contributed by atoms with Crippen molar-refractivity contribution < 1.29 is 14.7 Å². The van der Waals surface area contributed by atoms with Gasteiger partial charge in [0.25, 0.3) is 0 Å². The Kier molecular flexibility index (Phi) is 6.39. The number of hydrogen-bond acceptors (Lipinski definition) is 2. The Morgan fingerprint density at radius 2 is 1.84 bits per heavy atom. The molecule has 0 radical (unpaired) electrons. The second kappa shape index (κ2) is 7.81. The van der Waals surface area contributed by atoms with E-state index in [0.29, 0.717) is 5.92 Å². The van der Waals surface area contributed by atoms with Crippen LogP contribution in [0, 0.1) is 11.8 Å². The lowest BCUT2D eigenvalue weighted by molar-refractivity contribution is -0.140. The smallest absolute Gasteiger partial charge is 0.326 e. The van der Waals surface area contributed by atoms with Gasteiger partial charge in [0.2, 0.25) is 0 Å². The van der Waals surface area contributed by atoms with Crippen molar-refractivity contribution in [2.45, 2.75) is 52.0 Å². The molecule has 1 unspecified atom stereocenters. The molecule has 0 bridgehead atoms. The van der Waals surface area contributed by atoms with Gasteiger partial charge >= 0.3 is 12.0 Å². The quantitative estimate of drug-likeness (QED) is 0.716. The van der Waals surface area contributed by atoms with Crippen LogP contribution in [0.1, 0.15) is 46.0 Å². The maximum atomic E-state index is 11.6. The summed E-state index contributed by atoms with van der Waals surface area (Å²) in [5.41, 5.74) is 0. The summed E-state index contributed by atoms with van der Waals surface area (Å²) in [6, 6.07) is -1.32. The van der Waals surface area contributed by atoms with E-state index >= 15 is 0 Å². The minimum absolute atomic E-state index is 0.148. The molecule has 1 saturated carbocycles. The van der Waals surface area contributed by atoms with Crippen LogP contribution in [0.15, 0.2) is 12.3 Å². The second-order valence-corrected chi connectivity index (χ2v) is 5.43. The highest BCUT2D eigenvalue weighted by molar-refractivity contribution is 5.83. The third kappa shape index (κ3) is 5.77. The van der Waals surface area contributed by atoms with Crippen LogP contribution in [0.2, 0.25) is 0 Å². The normalized spacial score (nSPS) is 18.5. The van der Waals surface area contributed by atoms with Gasteiger partial charge in [-0.2, -0.15) is 0 Å². The van der Waals surface area contributed by atoms with Crippen LogP contribution in [0.3, 0.4) is 0 Å². The Labute approximate surface area is 114 Å². The highest BCUT2D eigenvalue weighted by Crippen LogP contribution is 2.24. The van der Waals surface area contributed by atoms with Gasteiger partial charge in [-0.3, -0.25) is 0 Å². The first kappa shape index (κ1) is 15.5. The van der Waals surface area contributed by atoms with Crippen molar-refractivity contribution in [3.63, 3.8) is 0 Å². The van der Waals surface area contributed by atoms with Crippen LogP contribution in [0.5, 0.6) is 0 Å². The number of carbonyl (C=O) groups excluding carboxylic acids is 1.